The molecule has 2 aliphatic rings. The number of nitrogens with zero attached hydrogens (tertiary/aromatic N) is 1. The van der Waals surface area contributed by atoms with Crippen LogP contribution in [0.2, 0.25) is 0 Å². The topological polar surface area (TPSA) is 29.3 Å². The Morgan fingerprint density at radius 3 is 2.69 bits per heavy atom. The molecule has 0 spiro atoms. The van der Waals surface area contributed by atoms with Crippen LogP contribution in [0.3, 0.4) is 0 Å². The van der Waals surface area contributed by atoms with Crippen molar-refractivity contribution in [2.24, 2.45) is 17.6 Å². The number of rotatable bonds is 3. The quantitative estimate of drug-likeness (QED) is 0.798. The van der Waals surface area contributed by atoms with Gasteiger partial charge in [0, 0.05) is 18.6 Å². The van der Waals surface area contributed by atoms with E-state index in [9.17, 15) is 0 Å². The lowest BCUT2D eigenvalue weighted by Gasteiger charge is -2.43. The average Bonchev–Trinajstić information content (AvgIpc) is 2.77. The summed E-state index contributed by atoms with van der Waals surface area (Å²) >= 11 is 0. The molecule has 0 bridgehead atoms. The van der Waals surface area contributed by atoms with Gasteiger partial charge in [0.15, 0.2) is 0 Å². The monoisotopic (exact) mass is 224 g/mol. The van der Waals surface area contributed by atoms with Crippen LogP contribution in [0.1, 0.15) is 52.4 Å². The van der Waals surface area contributed by atoms with E-state index in [0.29, 0.717) is 6.04 Å². The maximum Gasteiger partial charge on any atom is 0.0246 e. The molecule has 4 unspecified atom stereocenters. The first-order chi connectivity index (χ1) is 7.76. The third-order valence-corrected chi connectivity index (χ3v) is 4.96. The second-order valence-electron chi connectivity index (χ2n) is 5.90. The van der Waals surface area contributed by atoms with Crippen LogP contribution >= 0.6 is 0 Å². The van der Waals surface area contributed by atoms with Gasteiger partial charge in [0.25, 0.3) is 0 Å². The van der Waals surface area contributed by atoms with Gasteiger partial charge in [-0.05, 0) is 50.5 Å². The van der Waals surface area contributed by atoms with Gasteiger partial charge in [-0.25, -0.2) is 0 Å². The minimum Gasteiger partial charge on any atom is -0.329 e. The molecule has 1 aliphatic heterocycles. The summed E-state index contributed by atoms with van der Waals surface area (Å²) in [5, 5.41) is 0. The van der Waals surface area contributed by atoms with Crippen LogP contribution in [0.4, 0.5) is 0 Å². The molecule has 0 aromatic rings. The smallest absolute Gasteiger partial charge is 0.0246 e. The summed E-state index contributed by atoms with van der Waals surface area (Å²) in [4.78, 5) is 2.75. The van der Waals surface area contributed by atoms with Gasteiger partial charge in [-0.2, -0.15) is 0 Å². The third kappa shape index (κ3) is 2.43. The highest BCUT2D eigenvalue weighted by molar-refractivity contribution is 4.90. The number of likely N-dealkylation sites (tertiary alicyclic amines) is 1. The molecule has 0 aromatic carbocycles. The molecule has 2 rings (SSSR count). The zero-order valence-corrected chi connectivity index (χ0v) is 11.0. The van der Waals surface area contributed by atoms with Crippen molar-refractivity contribution in [3.05, 3.63) is 0 Å². The van der Waals surface area contributed by atoms with E-state index in [2.05, 4.69) is 18.7 Å². The van der Waals surface area contributed by atoms with Gasteiger partial charge in [0.2, 0.25) is 0 Å². The van der Waals surface area contributed by atoms with Crippen molar-refractivity contribution in [2.45, 2.75) is 64.5 Å². The Labute approximate surface area is 101 Å². The zero-order valence-electron chi connectivity index (χ0n) is 11.0. The lowest BCUT2D eigenvalue weighted by molar-refractivity contribution is 0.0627. The van der Waals surface area contributed by atoms with Crippen molar-refractivity contribution < 1.29 is 0 Å². The predicted octanol–water partition coefficient (Wildman–Crippen LogP) is 2.62. The van der Waals surface area contributed by atoms with Crippen molar-refractivity contribution in [3.8, 4) is 0 Å². The summed E-state index contributed by atoms with van der Waals surface area (Å²) < 4.78 is 0. The molecule has 94 valence electrons. The third-order valence-electron chi connectivity index (χ3n) is 4.96. The molecule has 16 heavy (non-hydrogen) atoms. The van der Waals surface area contributed by atoms with Gasteiger partial charge < -0.3 is 5.73 Å². The van der Waals surface area contributed by atoms with E-state index in [1.54, 1.807) is 0 Å². The molecule has 1 saturated carbocycles. The Morgan fingerprint density at radius 2 is 2.06 bits per heavy atom. The zero-order chi connectivity index (χ0) is 11.5. The van der Waals surface area contributed by atoms with Crippen LogP contribution in [0.25, 0.3) is 0 Å². The Morgan fingerprint density at radius 1 is 1.25 bits per heavy atom. The molecule has 2 fully saturated rings. The molecule has 2 N–H and O–H groups in total. The SMILES string of the molecule is CCC1CCC(N2CCCC(C)C2CN)C1. The molecular weight excluding hydrogens is 196 g/mol. The minimum atomic E-state index is 0.661. The predicted molar refractivity (Wildman–Crippen MR) is 69.4 cm³/mol. The fourth-order valence-electron chi connectivity index (χ4n) is 3.82. The molecule has 4 atom stereocenters. The first-order valence-corrected chi connectivity index (χ1v) is 7.22. The van der Waals surface area contributed by atoms with Crippen LogP contribution < -0.4 is 5.73 Å². The van der Waals surface area contributed by atoms with E-state index in [1.165, 1.54) is 45.1 Å². The van der Waals surface area contributed by atoms with E-state index in [-0.39, 0.29) is 0 Å². The Kier molecular flexibility index (Phi) is 4.26. The van der Waals surface area contributed by atoms with E-state index >= 15 is 0 Å². The van der Waals surface area contributed by atoms with Crippen LogP contribution in [0.15, 0.2) is 0 Å². The van der Waals surface area contributed by atoms with E-state index in [4.69, 9.17) is 5.73 Å². The van der Waals surface area contributed by atoms with Crippen molar-refractivity contribution in [2.75, 3.05) is 13.1 Å². The van der Waals surface area contributed by atoms with E-state index < -0.39 is 0 Å². The van der Waals surface area contributed by atoms with Crippen molar-refractivity contribution in [1.29, 1.82) is 0 Å². The number of hydrogen-bond acceptors (Lipinski definition) is 2. The fourth-order valence-corrected chi connectivity index (χ4v) is 3.82. The molecule has 2 heteroatoms. The van der Waals surface area contributed by atoms with Crippen molar-refractivity contribution in [1.82, 2.24) is 4.90 Å². The first kappa shape index (κ1) is 12.4. The van der Waals surface area contributed by atoms with Crippen LogP contribution in [-0.4, -0.2) is 30.1 Å². The van der Waals surface area contributed by atoms with E-state index in [1.807, 2.05) is 0 Å². The molecule has 1 saturated heterocycles. The summed E-state index contributed by atoms with van der Waals surface area (Å²) in [6.45, 7) is 6.88. The molecule has 1 heterocycles. The van der Waals surface area contributed by atoms with Crippen LogP contribution in [0, 0.1) is 11.8 Å². The second kappa shape index (κ2) is 5.50. The molecule has 2 nitrogen and oxygen atoms in total. The average molecular weight is 224 g/mol. The molecule has 0 radical (unpaired) electrons. The summed E-state index contributed by atoms with van der Waals surface area (Å²) in [5.74, 6) is 1.79. The van der Waals surface area contributed by atoms with Gasteiger partial charge in [-0.15, -0.1) is 0 Å². The summed E-state index contributed by atoms with van der Waals surface area (Å²) in [5.41, 5.74) is 5.98. The Hall–Kier alpha value is -0.0800. The Balaban J connectivity index is 1.96. The van der Waals surface area contributed by atoms with Gasteiger partial charge in [-0.1, -0.05) is 20.3 Å². The van der Waals surface area contributed by atoms with Gasteiger partial charge in [0.1, 0.15) is 0 Å². The highest BCUT2D eigenvalue weighted by Gasteiger charge is 2.35. The van der Waals surface area contributed by atoms with Crippen LogP contribution in [-0.2, 0) is 0 Å². The lowest BCUT2D eigenvalue weighted by atomic mass is 9.89. The second-order valence-corrected chi connectivity index (χ2v) is 5.90. The standard InChI is InChI=1S/C14H28N2/c1-3-12-6-7-13(9-12)16-8-4-5-11(2)14(16)10-15/h11-14H,3-10,15H2,1-2H3. The van der Waals surface area contributed by atoms with Gasteiger partial charge >= 0.3 is 0 Å². The van der Waals surface area contributed by atoms with Crippen LogP contribution in [0.5, 0.6) is 0 Å². The van der Waals surface area contributed by atoms with Gasteiger partial charge in [0.05, 0.1) is 0 Å². The largest absolute Gasteiger partial charge is 0.329 e. The van der Waals surface area contributed by atoms with Crippen molar-refractivity contribution >= 4 is 0 Å². The first-order valence-electron chi connectivity index (χ1n) is 7.22. The molecular formula is C14H28N2. The number of piperidine rings is 1. The lowest BCUT2D eigenvalue weighted by Crippen LogP contribution is -2.52. The fraction of sp³-hybridized carbons (Fsp3) is 1.00. The van der Waals surface area contributed by atoms with Gasteiger partial charge in [-0.3, -0.25) is 4.90 Å². The maximum atomic E-state index is 5.98. The Bertz CT molecular complexity index is 217. The molecule has 1 aliphatic carbocycles. The normalized spacial score (nSPS) is 41.4. The molecule has 0 amide bonds. The summed E-state index contributed by atoms with van der Waals surface area (Å²) in [6, 6.07) is 1.51. The van der Waals surface area contributed by atoms with E-state index in [0.717, 1.165) is 24.4 Å². The summed E-state index contributed by atoms with van der Waals surface area (Å²) in [7, 11) is 0. The number of nitrogens with two attached hydrogens (primary N) is 1. The molecule has 0 aromatic heterocycles. The van der Waals surface area contributed by atoms with Crippen molar-refractivity contribution in [3.63, 3.8) is 0 Å². The number of hydrogen-bond donors (Lipinski definition) is 1. The summed E-state index contributed by atoms with van der Waals surface area (Å²) in [6.07, 6.45) is 8.42. The highest BCUT2D eigenvalue weighted by atomic mass is 15.2. The maximum absolute atomic E-state index is 5.98. The minimum absolute atomic E-state index is 0.661. The highest BCUT2D eigenvalue weighted by Crippen LogP contribution is 2.35.